The van der Waals surface area contributed by atoms with Gasteiger partial charge in [0.15, 0.2) is 0 Å². The average Bonchev–Trinajstić information content (AvgIpc) is 3.68. The van der Waals surface area contributed by atoms with Gasteiger partial charge in [-0.05, 0) is 61.3 Å². The molecule has 12 nitrogen and oxygen atoms in total. The molecule has 2 aliphatic heterocycles. The summed E-state index contributed by atoms with van der Waals surface area (Å²) in [5.41, 5.74) is 4.94. The van der Waals surface area contributed by atoms with Crippen molar-refractivity contribution in [1.82, 2.24) is 25.5 Å². The Morgan fingerprint density at radius 2 is 1.71 bits per heavy atom. The van der Waals surface area contributed by atoms with Crippen molar-refractivity contribution in [2.24, 2.45) is 11.3 Å². The highest BCUT2D eigenvalue weighted by molar-refractivity contribution is 7.13. The van der Waals surface area contributed by atoms with E-state index >= 15 is 0 Å². The molecule has 0 saturated carbocycles. The van der Waals surface area contributed by atoms with Gasteiger partial charge in [-0.25, -0.2) is 14.8 Å². The van der Waals surface area contributed by atoms with Crippen LogP contribution in [0.2, 0.25) is 0 Å². The number of aliphatic hydroxyl groups is 1. The van der Waals surface area contributed by atoms with Gasteiger partial charge >= 0.3 is 5.97 Å². The first-order chi connectivity index (χ1) is 23.2. The molecule has 3 aromatic rings. The van der Waals surface area contributed by atoms with Gasteiger partial charge in [-0.1, -0.05) is 45.0 Å². The first-order valence-electron chi connectivity index (χ1n) is 16.7. The summed E-state index contributed by atoms with van der Waals surface area (Å²) in [5, 5.41) is 25.7. The maximum Gasteiger partial charge on any atom is 0.354 e. The number of nitrogens with one attached hydrogen (secondary N) is 2. The number of thiazole rings is 1. The number of aromatic nitrogens is 2. The molecule has 5 rings (SSSR count). The molecule has 0 spiro atoms. The number of rotatable bonds is 10. The summed E-state index contributed by atoms with van der Waals surface area (Å²) in [7, 11) is 0. The van der Waals surface area contributed by atoms with Crippen molar-refractivity contribution in [2.45, 2.75) is 84.5 Å². The van der Waals surface area contributed by atoms with Gasteiger partial charge in [0.1, 0.15) is 17.8 Å². The number of anilines is 1. The molecule has 4 atom stereocenters. The smallest absolute Gasteiger partial charge is 0.354 e. The van der Waals surface area contributed by atoms with E-state index in [0.717, 1.165) is 40.2 Å². The highest BCUT2D eigenvalue weighted by atomic mass is 32.1. The Bertz CT molecular complexity index is 1650. The number of benzene rings is 1. The molecule has 0 radical (unpaired) electrons. The lowest BCUT2D eigenvalue weighted by atomic mass is 9.85. The van der Waals surface area contributed by atoms with Crippen molar-refractivity contribution in [3.8, 4) is 10.4 Å². The molecule has 49 heavy (non-hydrogen) atoms. The fourth-order valence-corrected chi connectivity index (χ4v) is 7.40. The van der Waals surface area contributed by atoms with Crippen molar-refractivity contribution in [3.63, 3.8) is 0 Å². The predicted octanol–water partition coefficient (Wildman–Crippen LogP) is 4.19. The second-order valence-electron chi connectivity index (χ2n) is 14.2. The number of β-amino-alcohol motifs (C(OH)–C–C–N with tert-alkyl or cyclic N) is 1. The Hall–Kier alpha value is -4.36. The van der Waals surface area contributed by atoms with Gasteiger partial charge in [0.25, 0.3) is 0 Å². The van der Waals surface area contributed by atoms with Gasteiger partial charge in [-0.15, -0.1) is 11.3 Å². The van der Waals surface area contributed by atoms with Crippen LogP contribution in [0.5, 0.6) is 0 Å². The van der Waals surface area contributed by atoms with E-state index in [-0.39, 0.29) is 54.8 Å². The number of amides is 3. The first-order valence-corrected chi connectivity index (χ1v) is 17.6. The van der Waals surface area contributed by atoms with Crippen LogP contribution in [0.1, 0.15) is 81.2 Å². The van der Waals surface area contributed by atoms with Crippen LogP contribution in [-0.2, 0) is 14.4 Å². The van der Waals surface area contributed by atoms with E-state index in [4.69, 9.17) is 5.11 Å². The lowest BCUT2D eigenvalue weighted by molar-refractivity contribution is -0.144. The fraction of sp³-hybridized carbons (Fsp3) is 0.500. The number of carboxylic acids is 1. The van der Waals surface area contributed by atoms with Crippen LogP contribution in [0.25, 0.3) is 10.4 Å². The number of pyridine rings is 1. The minimum absolute atomic E-state index is 0.00707. The number of aromatic carboxylic acids is 1. The number of aliphatic hydroxyl groups excluding tert-OH is 1. The topological polar surface area (TPSA) is 165 Å². The lowest BCUT2D eigenvalue weighted by Gasteiger charge is -2.36. The van der Waals surface area contributed by atoms with E-state index < -0.39 is 29.6 Å². The number of carboxylic acid groups (broad SMARTS) is 1. The third kappa shape index (κ3) is 8.63. The van der Waals surface area contributed by atoms with Crippen molar-refractivity contribution >= 4 is 40.7 Å². The van der Waals surface area contributed by atoms with Crippen LogP contribution in [-0.4, -0.2) is 86.6 Å². The van der Waals surface area contributed by atoms with E-state index in [1.807, 2.05) is 64.4 Å². The lowest BCUT2D eigenvalue weighted by Crippen LogP contribution is -2.58. The van der Waals surface area contributed by atoms with Crippen LogP contribution < -0.4 is 15.5 Å². The minimum Gasteiger partial charge on any atom is -0.477 e. The zero-order valence-corrected chi connectivity index (χ0v) is 29.5. The van der Waals surface area contributed by atoms with Gasteiger partial charge in [-0.2, -0.15) is 0 Å². The second-order valence-corrected chi connectivity index (χ2v) is 15.1. The summed E-state index contributed by atoms with van der Waals surface area (Å²) in [6.45, 7) is 10.9. The van der Waals surface area contributed by atoms with Gasteiger partial charge < -0.3 is 30.6 Å². The van der Waals surface area contributed by atoms with Gasteiger partial charge in [-0.3, -0.25) is 14.4 Å². The molecule has 3 amide bonds. The maximum absolute atomic E-state index is 14.0. The molecule has 2 unspecified atom stereocenters. The Morgan fingerprint density at radius 1 is 1.02 bits per heavy atom. The molecule has 4 N–H and O–H groups in total. The molecule has 0 bridgehead atoms. The molecule has 4 heterocycles. The zero-order valence-electron chi connectivity index (χ0n) is 28.7. The maximum atomic E-state index is 14.0. The molecule has 2 aliphatic rings. The Morgan fingerprint density at radius 3 is 2.29 bits per heavy atom. The largest absolute Gasteiger partial charge is 0.477 e. The third-order valence-electron chi connectivity index (χ3n) is 9.48. The third-order valence-corrected chi connectivity index (χ3v) is 10.5. The van der Waals surface area contributed by atoms with E-state index in [2.05, 4.69) is 25.5 Å². The summed E-state index contributed by atoms with van der Waals surface area (Å²) in [6.07, 6.45) is 2.60. The number of piperidine rings is 1. The van der Waals surface area contributed by atoms with Crippen LogP contribution >= 0.6 is 11.3 Å². The molecule has 2 fully saturated rings. The Labute approximate surface area is 290 Å². The fourth-order valence-electron chi connectivity index (χ4n) is 6.59. The SMILES string of the molecule is Cc1ncsc1-c1ccc(C(C)NC(=O)[C@@H]2C[C@@H](O)CN2C(=O)C(NC(=O)CC2CCN(c3ccc(C(=O)O)nc3)CC2)C(C)(C)C)cc1. The summed E-state index contributed by atoms with van der Waals surface area (Å²) in [6, 6.07) is 9.10. The monoisotopic (exact) mass is 690 g/mol. The number of nitrogens with zero attached hydrogens (tertiary/aromatic N) is 4. The van der Waals surface area contributed by atoms with Gasteiger partial charge in [0, 0.05) is 32.5 Å². The van der Waals surface area contributed by atoms with Crippen LogP contribution in [0.4, 0.5) is 5.69 Å². The second kappa shape index (κ2) is 15.0. The number of carbonyl (C=O) groups excluding carboxylic acids is 3. The number of likely N-dealkylation sites (tertiary alicyclic amines) is 1. The quantitative estimate of drug-likeness (QED) is 0.244. The van der Waals surface area contributed by atoms with Gasteiger partial charge in [0.05, 0.1) is 40.1 Å². The van der Waals surface area contributed by atoms with Crippen LogP contribution in [0.15, 0.2) is 48.1 Å². The summed E-state index contributed by atoms with van der Waals surface area (Å²) >= 11 is 1.58. The molecule has 262 valence electrons. The number of hydrogen-bond donors (Lipinski definition) is 4. The molecular weight excluding hydrogens is 644 g/mol. The molecule has 13 heteroatoms. The van der Waals surface area contributed by atoms with Gasteiger partial charge in [0.2, 0.25) is 17.7 Å². The predicted molar refractivity (Wildman–Crippen MR) is 187 cm³/mol. The molecule has 1 aromatic carbocycles. The molecule has 2 saturated heterocycles. The highest BCUT2D eigenvalue weighted by Gasteiger charge is 2.44. The Balaban J connectivity index is 1.18. The normalized spacial score (nSPS) is 19.7. The summed E-state index contributed by atoms with van der Waals surface area (Å²) in [5.74, 6) is -1.92. The van der Waals surface area contributed by atoms with Crippen LogP contribution in [0.3, 0.4) is 0 Å². The first kappa shape index (κ1) is 35.9. The van der Waals surface area contributed by atoms with Crippen molar-refractivity contribution < 1.29 is 29.4 Å². The van der Waals surface area contributed by atoms with Crippen molar-refractivity contribution in [2.75, 3.05) is 24.5 Å². The van der Waals surface area contributed by atoms with E-state index in [0.29, 0.717) is 13.1 Å². The standard InChI is InChI=1S/C36H46N6O6S/c1-21(24-6-8-25(9-7-24)31-22(2)38-20-49-31)39-33(45)29-17-27(43)19-42(29)34(46)32(36(3,4)5)40-30(44)16-23-12-14-41(15-13-23)26-10-11-28(35(47)48)37-18-26/h6-11,18,20-21,23,27,29,32,43H,12-17,19H2,1-5H3,(H,39,45)(H,40,44)(H,47,48)/t21?,27-,29+,32?/m1/s1. The van der Waals surface area contributed by atoms with E-state index in [1.165, 1.54) is 11.0 Å². The van der Waals surface area contributed by atoms with Crippen LogP contribution in [0, 0.1) is 18.3 Å². The minimum atomic E-state index is -1.07. The molecular formula is C36H46N6O6S. The Kier molecular flexibility index (Phi) is 11.0. The zero-order chi connectivity index (χ0) is 35.5. The van der Waals surface area contributed by atoms with Crippen molar-refractivity contribution in [3.05, 3.63) is 65.1 Å². The van der Waals surface area contributed by atoms with Crippen molar-refractivity contribution in [1.29, 1.82) is 0 Å². The number of hydrogen-bond acceptors (Lipinski definition) is 9. The van der Waals surface area contributed by atoms with E-state index in [1.54, 1.807) is 23.6 Å². The summed E-state index contributed by atoms with van der Waals surface area (Å²) in [4.78, 5) is 65.0. The molecule has 2 aromatic heterocycles. The van der Waals surface area contributed by atoms with E-state index in [9.17, 15) is 24.3 Å². The number of aryl methyl sites for hydroxylation is 1. The highest BCUT2D eigenvalue weighted by Crippen LogP contribution is 2.30. The number of carbonyl (C=O) groups is 4. The molecule has 0 aliphatic carbocycles. The summed E-state index contributed by atoms with van der Waals surface area (Å²) < 4.78 is 0. The average molecular weight is 691 g/mol.